The fourth-order valence-corrected chi connectivity index (χ4v) is 1.27. The predicted octanol–water partition coefficient (Wildman–Crippen LogP) is 2.89. The van der Waals surface area contributed by atoms with E-state index in [9.17, 15) is 0 Å². The van der Waals surface area contributed by atoms with Crippen molar-refractivity contribution >= 4 is 6.20 Å². The molecule has 2 nitrogen and oxygen atoms in total. The molecule has 0 N–H and O–H groups in total. The molecule has 1 aromatic rings. The van der Waals surface area contributed by atoms with Crippen molar-refractivity contribution in [3.63, 3.8) is 0 Å². The Kier molecular flexibility index (Phi) is 3.74. The lowest BCUT2D eigenvalue weighted by atomic mass is 10.4. The molecule has 0 saturated carbocycles. The quantitative estimate of drug-likeness (QED) is 0.693. The van der Waals surface area contributed by atoms with Gasteiger partial charge in [0.05, 0.1) is 5.69 Å². The van der Waals surface area contributed by atoms with Crippen LogP contribution in [0.3, 0.4) is 0 Å². The summed E-state index contributed by atoms with van der Waals surface area (Å²) in [5.74, 6) is 1.15. The Labute approximate surface area is 80.3 Å². The Bertz CT molecular complexity index is 284. The lowest BCUT2D eigenvalue weighted by Crippen LogP contribution is -1.92. The van der Waals surface area contributed by atoms with Gasteiger partial charge < -0.3 is 4.57 Å². The van der Waals surface area contributed by atoms with Crippen molar-refractivity contribution in [2.45, 2.75) is 40.0 Å². The smallest absolute Gasteiger partial charge is 0.112 e. The van der Waals surface area contributed by atoms with Crippen molar-refractivity contribution in [2.24, 2.45) is 0 Å². The van der Waals surface area contributed by atoms with Crippen LogP contribution >= 0.6 is 0 Å². The van der Waals surface area contributed by atoms with Gasteiger partial charge in [0.1, 0.15) is 5.82 Å². The van der Waals surface area contributed by atoms with Crippen LogP contribution in [0.15, 0.2) is 12.3 Å². The highest BCUT2D eigenvalue weighted by atomic mass is 15.1. The molecule has 0 aliphatic heterocycles. The average Bonchev–Trinajstić information content (AvgIpc) is 2.57. The third-order valence-corrected chi connectivity index (χ3v) is 2.04. The monoisotopic (exact) mass is 178 g/mol. The van der Waals surface area contributed by atoms with Crippen LogP contribution in [0, 0.1) is 0 Å². The van der Waals surface area contributed by atoms with E-state index < -0.39 is 0 Å². The number of rotatable bonds is 4. The van der Waals surface area contributed by atoms with Gasteiger partial charge in [-0.05, 0) is 12.8 Å². The summed E-state index contributed by atoms with van der Waals surface area (Å²) in [6.45, 7) is 6.41. The van der Waals surface area contributed by atoms with Gasteiger partial charge in [0.2, 0.25) is 0 Å². The van der Waals surface area contributed by atoms with Crippen molar-refractivity contribution < 1.29 is 0 Å². The number of aryl methyl sites for hydroxylation is 2. The number of imidazole rings is 1. The van der Waals surface area contributed by atoms with E-state index in [1.807, 2.05) is 0 Å². The van der Waals surface area contributed by atoms with Gasteiger partial charge in [-0.25, -0.2) is 4.98 Å². The van der Waals surface area contributed by atoms with Gasteiger partial charge in [-0.15, -0.1) is 0 Å². The molecule has 1 aromatic heterocycles. The van der Waals surface area contributed by atoms with Crippen molar-refractivity contribution in [1.29, 1.82) is 0 Å². The zero-order valence-corrected chi connectivity index (χ0v) is 8.75. The molecule has 0 fully saturated rings. The van der Waals surface area contributed by atoms with Gasteiger partial charge >= 0.3 is 0 Å². The van der Waals surface area contributed by atoms with Gasteiger partial charge in [0.15, 0.2) is 0 Å². The summed E-state index contributed by atoms with van der Waals surface area (Å²) >= 11 is 0. The van der Waals surface area contributed by atoms with Crippen LogP contribution in [-0.4, -0.2) is 9.55 Å². The highest BCUT2D eigenvalue weighted by Gasteiger charge is 2.01. The highest BCUT2D eigenvalue weighted by Crippen LogP contribution is 2.05. The Hall–Kier alpha value is -1.05. The molecule has 0 aliphatic rings. The second-order valence-electron chi connectivity index (χ2n) is 3.06. The molecule has 1 rings (SSSR count). The second-order valence-corrected chi connectivity index (χ2v) is 3.06. The molecule has 72 valence electrons. The van der Waals surface area contributed by atoms with Crippen LogP contribution in [0.4, 0.5) is 0 Å². The number of aromatic nitrogens is 2. The van der Waals surface area contributed by atoms with E-state index in [0.717, 1.165) is 25.1 Å². The molecular formula is C11H18N2. The van der Waals surface area contributed by atoms with E-state index in [1.165, 1.54) is 5.69 Å². The van der Waals surface area contributed by atoms with E-state index in [-0.39, 0.29) is 0 Å². The Morgan fingerprint density at radius 2 is 2.08 bits per heavy atom. The zero-order chi connectivity index (χ0) is 9.68. The molecule has 0 unspecified atom stereocenters. The molecule has 0 spiro atoms. The van der Waals surface area contributed by atoms with Crippen LogP contribution in [0.1, 0.15) is 38.7 Å². The fourth-order valence-electron chi connectivity index (χ4n) is 1.27. The normalized spacial score (nSPS) is 11.3. The Morgan fingerprint density at radius 3 is 2.62 bits per heavy atom. The molecule has 0 bridgehead atoms. The highest BCUT2D eigenvalue weighted by molar-refractivity contribution is 5.26. The van der Waals surface area contributed by atoms with Gasteiger partial charge in [-0.2, -0.15) is 0 Å². The van der Waals surface area contributed by atoms with E-state index in [4.69, 9.17) is 0 Å². The minimum atomic E-state index is 0.994. The van der Waals surface area contributed by atoms with E-state index in [0.29, 0.717) is 0 Å². The summed E-state index contributed by atoms with van der Waals surface area (Å²) in [5.41, 5.74) is 1.18. The summed E-state index contributed by atoms with van der Waals surface area (Å²) in [6.07, 6.45) is 9.45. The lowest BCUT2D eigenvalue weighted by Gasteiger charge is -1.96. The standard InChI is InChI=1S/C11H18N2/c1-4-7-8-13-9-10(5-2)12-11(13)6-3/h7-9H,4-6H2,1-3H3/b8-7-. The zero-order valence-electron chi connectivity index (χ0n) is 8.75. The number of hydrogen-bond acceptors (Lipinski definition) is 1. The first-order valence-corrected chi connectivity index (χ1v) is 5.05. The second kappa shape index (κ2) is 4.85. The third kappa shape index (κ3) is 2.44. The molecule has 13 heavy (non-hydrogen) atoms. The Balaban J connectivity index is 2.90. The van der Waals surface area contributed by atoms with Crippen LogP contribution in [0.25, 0.3) is 6.20 Å². The van der Waals surface area contributed by atoms with Crippen molar-refractivity contribution in [2.75, 3.05) is 0 Å². The maximum atomic E-state index is 4.51. The number of hydrogen-bond donors (Lipinski definition) is 0. The molecular weight excluding hydrogens is 160 g/mol. The first-order valence-electron chi connectivity index (χ1n) is 5.05. The molecule has 0 atom stereocenters. The van der Waals surface area contributed by atoms with Gasteiger partial charge in [-0.3, -0.25) is 0 Å². The lowest BCUT2D eigenvalue weighted by molar-refractivity contribution is 0.913. The average molecular weight is 178 g/mol. The summed E-state index contributed by atoms with van der Waals surface area (Å²) in [7, 11) is 0. The molecule has 0 amide bonds. The molecule has 2 heteroatoms. The maximum Gasteiger partial charge on any atom is 0.112 e. The first kappa shape index (κ1) is 10.0. The van der Waals surface area contributed by atoms with E-state index >= 15 is 0 Å². The number of allylic oxidation sites excluding steroid dienone is 1. The van der Waals surface area contributed by atoms with Crippen LogP contribution in [-0.2, 0) is 12.8 Å². The minimum Gasteiger partial charge on any atom is -0.311 e. The maximum absolute atomic E-state index is 4.51. The molecule has 0 radical (unpaired) electrons. The molecule has 0 saturated heterocycles. The van der Waals surface area contributed by atoms with Gasteiger partial charge in [0, 0.05) is 18.8 Å². The van der Waals surface area contributed by atoms with Gasteiger partial charge in [-0.1, -0.05) is 26.8 Å². The Morgan fingerprint density at radius 1 is 1.31 bits per heavy atom. The molecule has 0 aliphatic carbocycles. The van der Waals surface area contributed by atoms with Crippen LogP contribution < -0.4 is 0 Å². The van der Waals surface area contributed by atoms with Crippen LogP contribution in [0.5, 0.6) is 0 Å². The van der Waals surface area contributed by atoms with Crippen molar-refractivity contribution in [3.8, 4) is 0 Å². The topological polar surface area (TPSA) is 17.8 Å². The van der Waals surface area contributed by atoms with Crippen molar-refractivity contribution in [1.82, 2.24) is 9.55 Å². The predicted molar refractivity (Wildman–Crippen MR) is 56.6 cm³/mol. The summed E-state index contributed by atoms with van der Waals surface area (Å²) < 4.78 is 2.13. The fraction of sp³-hybridized carbons (Fsp3) is 0.545. The summed E-state index contributed by atoms with van der Waals surface area (Å²) in [4.78, 5) is 4.51. The largest absolute Gasteiger partial charge is 0.311 e. The number of nitrogens with zero attached hydrogens (tertiary/aromatic N) is 2. The molecule has 1 heterocycles. The summed E-state index contributed by atoms with van der Waals surface area (Å²) in [5, 5.41) is 0. The van der Waals surface area contributed by atoms with E-state index in [2.05, 4.69) is 48.8 Å². The SMILES string of the molecule is CC/C=C\n1cc(CC)nc1CC. The summed E-state index contributed by atoms with van der Waals surface area (Å²) in [6, 6.07) is 0. The van der Waals surface area contributed by atoms with Crippen molar-refractivity contribution in [3.05, 3.63) is 23.8 Å². The third-order valence-electron chi connectivity index (χ3n) is 2.04. The van der Waals surface area contributed by atoms with Crippen LogP contribution in [0.2, 0.25) is 0 Å². The first-order chi connectivity index (χ1) is 6.31. The van der Waals surface area contributed by atoms with Gasteiger partial charge in [0.25, 0.3) is 0 Å². The van der Waals surface area contributed by atoms with E-state index in [1.54, 1.807) is 0 Å². The molecule has 0 aromatic carbocycles. The minimum absolute atomic E-state index is 0.994.